The summed E-state index contributed by atoms with van der Waals surface area (Å²) in [4.78, 5) is 78.4. The van der Waals surface area contributed by atoms with Gasteiger partial charge in [-0.1, -0.05) is 63.9 Å². The minimum Gasteiger partial charge on any atom is -0.464 e. The van der Waals surface area contributed by atoms with Gasteiger partial charge < -0.3 is 33.9 Å². The van der Waals surface area contributed by atoms with Gasteiger partial charge in [-0.25, -0.2) is 5.43 Å². The molecule has 70 heavy (non-hydrogen) atoms. The fourth-order valence-electron chi connectivity index (χ4n) is 10.7. The number of methoxy groups -OCH3 is 1. The number of benzene rings is 2. The van der Waals surface area contributed by atoms with E-state index in [0.29, 0.717) is 51.9 Å². The van der Waals surface area contributed by atoms with Crippen molar-refractivity contribution in [2.24, 2.45) is 17.3 Å². The zero-order valence-electron chi connectivity index (χ0n) is 42.0. The summed E-state index contributed by atoms with van der Waals surface area (Å²) < 4.78 is 19.8. The normalized spacial score (nSPS) is 22.5. The lowest BCUT2D eigenvalue weighted by Gasteiger charge is -2.37. The molecule has 3 fully saturated rings. The number of likely N-dealkylation sites (N-methyl/N-ethyl adjacent to an activating group) is 1. The average Bonchev–Trinajstić information content (AvgIpc) is 4.14. The monoisotopic (exact) mass is 956 g/mol. The number of aromatic nitrogens is 2. The molecular weight excluding hydrogens is 887 g/mol. The van der Waals surface area contributed by atoms with E-state index in [-0.39, 0.29) is 49.5 Å². The highest BCUT2D eigenvalue weighted by Gasteiger charge is 2.40. The Labute approximate surface area is 411 Å². The number of aryl methyl sites for hydroxylation is 1. The van der Waals surface area contributed by atoms with Crippen LogP contribution < -0.4 is 10.7 Å². The van der Waals surface area contributed by atoms with Gasteiger partial charge in [-0.3, -0.25) is 34.0 Å². The van der Waals surface area contributed by atoms with Crippen molar-refractivity contribution >= 4 is 40.5 Å². The predicted molar refractivity (Wildman–Crippen MR) is 266 cm³/mol. The van der Waals surface area contributed by atoms with E-state index < -0.39 is 47.2 Å². The number of carbonyl (C=O) groups excluding carboxylic acids is 5. The van der Waals surface area contributed by atoms with E-state index in [1.165, 1.54) is 9.91 Å². The van der Waals surface area contributed by atoms with Crippen LogP contribution in [0.25, 0.3) is 33.3 Å². The summed E-state index contributed by atoms with van der Waals surface area (Å²) in [5.41, 5.74) is 10.4. The Morgan fingerprint density at radius 1 is 1.01 bits per heavy atom. The van der Waals surface area contributed by atoms with E-state index in [1.54, 1.807) is 25.3 Å². The van der Waals surface area contributed by atoms with Crippen LogP contribution in [0.1, 0.15) is 96.6 Å². The third kappa shape index (κ3) is 10.8. The van der Waals surface area contributed by atoms with Crippen LogP contribution >= 0.6 is 0 Å². The van der Waals surface area contributed by atoms with Crippen LogP contribution in [0, 0.1) is 29.1 Å². The van der Waals surface area contributed by atoms with Crippen molar-refractivity contribution in [1.82, 2.24) is 35.1 Å². The standard InChI is InChI=1S/C55H69N7O8/c1-9-61-46-21-19-38-30-42(46)43(50(61)41-17-11-24-56-48(41)35(4)68-8)31-55(5,6)33-70-54(67)44-18-12-25-62(58-44)53(66)45(29-36-14-10-15-37(38)28-36)57-51(64)49(34(2)3)59(7)52(65)39-23-26-60(32-39)47(63)22-20-40-16-13-27-69-40/h10-11,14-15,17,19,21,24,28,30,34-35,39-40,44-45,49,58H,9,12-13,16,18,23,25-27,29,31-33H2,1-8H3,(H,57,64)/t35-,39-,40-,44-,45-,49-/m0/s1. The molecule has 2 aromatic heterocycles. The third-order valence-electron chi connectivity index (χ3n) is 14.4. The molecule has 0 aliphatic carbocycles. The number of amides is 4. The molecule has 8 rings (SSSR count). The van der Waals surface area contributed by atoms with Crippen LogP contribution in [0.15, 0.2) is 60.8 Å². The van der Waals surface area contributed by atoms with E-state index in [4.69, 9.17) is 19.2 Å². The van der Waals surface area contributed by atoms with Gasteiger partial charge in [0.2, 0.25) is 11.8 Å². The van der Waals surface area contributed by atoms with Crippen molar-refractivity contribution in [2.75, 3.05) is 47.0 Å². The SMILES string of the molecule is CCn1c(-c2cccnc2[C@H](C)OC)c2c3cc(ccc31)-c1cccc(c1)C[C@H](NC(=O)[C@H](C(C)C)N(C)C(=O)[C@H]1CCN(C(=O)C#C[C@@H]3CCCO3)C1)C(=O)N1CCC[C@H](N1)C(=O)OCC(C)(C)C2. The molecule has 0 saturated carbocycles. The molecule has 2 N–H and O–H groups in total. The molecule has 0 radical (unpaired) electrons. The number of nitrogens with zero attached hydrogens (tertiary/aromatic N) is 5. The first kappa shape index (κ1) is 50.3. The fourth-order valence-corrected chi connectivity index (χ4v) is 10.7. The van der Waals surface area contributed by atoms with Crippen LogP contribution in [-0.2, 0) is 57.6 Å². The van der Waals surface area contributed by atoms with Crippen molar-refractivity contribution in [3.05, 3.63) is 77.6 Å². The number of carbonyl (C=O) groups is 5. The molecule has 4 aliphatic rings. The molecule has 0 spiro atoms. The highest BCUT2D eigenvalue weighted by molar-refractivity contribution is 5.97. The number of hydrogen-bond donors (Lipinski definition) is 2. The maximum atomic E-state index is 14.8. The van der Waals surface area contributed by atoms with Crippen LogP contribution in [0.4, 0.5) is 0 Å². The number of cyclic esters (lactones) is 1. The molecule has 15 nitrogen and oxygen atoms in total. The first-order chi connectivity index (χ1) is 33.6. The van der Waals surface area contributed by atoms with E-state index in [1.807, 2.05) is 39.0 Å². The maximum absolute atomic E-state index is 14.8. The van der Waals surface area contributed by atoms with Crippen molar-refractivity contribution < 1.29 is 38.2 Å². The number of esters is 1. The summed E-state index contributed by atoms with van der Waals surface area (Å²) in [7, 11) is 3.30. The second-order valence-electron chi connectivity index (χ2n) is 20.5. The van der Waals surface area contributed by atoms with Gasteiger partial charge in [0.15, 0.2) is 0 Å². The highest BCUT2D eigenvalue weighted by Crippen LogP contribution is 2.42. The molecule has 6 atom stereocenters. The van der Waals surface area contributed by atoms with Crippen molar-refractivity contribution in [1.29, 1.82) is 0 Å². The molecule has 3 saturated heterocycles. The Balaban J connectivity index is 1.12. The zero-order chi connectivity index (χ0) is 49.9. The van der Waals surface area contributed by atoms with Crippen LogP contribution in [0.3, 0.4) is 0 Å². The van der Waals surface area contributed by atoms with E-state index in [2.05, 4.69) is 84.3 Å². The Bertz CT molecular complexity index is 2680. The number of hydrazine groups is 1. The summed E-state index contributed by atoms with van der Waals surface area (Å²) in [6, 6.07) is 15.8. The lowest BCUT2D eigenvalue weighted by atomic mass is 9.84. The van der Waals surface area contributed by atoms with Gasteiger partial charge in [-0.15, -0.1) is 0 Å². The van der Waals surface area contributed by atoms with Gasteiger partial charge >= 0.3 is 5.97 Å². The second-order valence-corrected chi connectivity index (χ2v) is 20.5. The minimum atomic E-state index is -1.06. The molecule has 6 heterocycles. The first-order valence-electron chi connectivity index (χ1n) is 25.0. The summed E-state index contributed by atoms with van der Waals surface area (Å²) in [6.07, 6.45) is 5.18. The topological polar surface area (TPSA) is 165 Å². The molecular formula is C55H69N7O8. The minimum absolute atomic E-state index is 0.132. The summed E-state index contributed by atoms with van der Waals surface area (Å²) >= 11 is 0. The first-order valence-corrected chi connectivity index (χ1v) is 25.0. The summed E-state index contributed by atoms with van der Waals surface area (Å²) in [5, 5.41) is 5.59. The summed E-state index contributed by atoms with van der Waals surface area (Å²) in [6.45, 7) is 14.5. The largest absolute Gasteiger partial charge is 0.464 e. The van der Waals surface area contributed by atoms with Crippen LogP contribution in [0.2, 0.25) is 0 Å². The number of likely N-dealkylation sites (tertiary alicyclic amines) is 1. The van der Waals surface area contributed by atoms with Gasteiger partial charge in [0.25, 0.3) is 11.8 Å². The van der Waals surface area contributed by atoms with Gasteiger partial charge in [0, 0.05) is 81.4 Å². The molecule has 4 aliphatic heterocycles. The maximum Gasteiger partial charge on any atom is 0.324 e. The molecule has 372 valence electrons. The molecule has 0 unspecified atom stereocenters. The van der Waals surface area contributed by atoms with Gasteiger partial charge in [-0.2, -0.15) is 0 Å². The van der Waals surface area contributed by atoms with Crippen LogP contribution in [-0.4, -0.2) is 125 Å². The van der Waals surface area contributed by atoms with Gasteiger partial charge in [0.1, 0.15) is 24.2 Å². The number of rotatable bonds is 9. The van der Waals surface area contributed by atoms with E-state index in [0.717, 1.165) is 62.9 Å². The van der Waals surface area contributed by atoms with Crippen molar-refractivity contribution in [2.45, 2.75) is 123 Å². The Morgan fingerprint density at radius 2 is 1.81 bits per heavy atom. The van der Waals surface area contributed by atoms with Crippen molar-refractivity contribution in [3.8, 4) is 34.2 Å². The Kier molecular flexibility index (Phi) is 15.5. The number of fused-ring (bicyclic) bond motifs is 6. The number of nitrogens with one attached hydrogen (secondary N) is 2. The molecule has 15 heteroatoms. The van der Waals surface area contributed by atoms with Gasteiger partial charge in [-0.05, 0) is 111 Å². The summed E-state index contributed by atoms with van der Waals surface area (Å²) in [5.74, 6) is 2.86. The lowest BCUT2D eigenvalue weighted by Crippen LogP contribution is -2.62. The predicted octanol–water partition coefficient (Wildman–Crippen LogP) is 6.26. The second kappa shape index (κ2) is 21.5. The Hall–Kier alpha value is -6.08. The number of hydrogen-bond acceptors (Lipinski definition) is 10. The van der Waals surface area contributed by atoms with Crippen molar-refractivity contribution in [3.63, 3.8) is 0 Å². The average molecular weight is 956 g/mol. The quantitative estimate of drug-likeness (QED) is 0.145. The lowest BCUT2D eigenvalue weighted by molar-refractivity contribution is -0.155. The number of ether oxygens (including phenoxy) is 3. The van der Waals surface area contributed by atoms with E-state index >= 15 is 0 Å². The van der Waals surface area contributed by atoms with Crippen LogP contribution in [0.5, 0.6) is 0 Å². The molecule has 6 bridgehead atoms. The van der Waals surface area contributed by atoms with Gasteiger partial charge in [0.05, 0.1) is 30.0 Å². The fraction of sp³-hybridized carbons (Fsp3) is 0.527. The third-order valence-corrected chi connectivity index (χ3v) is 14.4. The smallest absolute Gasteiger partial charge is 0.324 e. The van der Waals surface area contributed by atoms with E-state index in [9.17, 15) is 24.0 Å². The number of pyridine rings is 1. The zero-order valence-corrected chi connectivity index (χ0v) is 42.0. The molecule has 4 aromatic rings. The highest BCUT2D eigenvalue weighted by atomic mass is 16.5. The Morgan fingerprint density at radius 3 is 2.56 bits per heavy atom. The molecule has 4 amide bonds. The molecule has 2 aromatic carbocycles.